The molecule has 0 saturated carbocycles. The van der Waals surface area contributed by atoms with Crippen molar-refractivity contribution in [2.24, 2.45) is 0 Å². The quantitative estimate of drug-likeness (QED) is 0.178. The van der Waals surface area contributed by atoms with Gasteiger partial charge in [0.05, 0.1) is 45.5 Å². The van der Waals surface area contributed by atoms with Gasteiger partial charge in [-0.2, -0.15) is 4.37 Å². The normalized spacial score (nSPS) is 13.1. The van der Waals surface area contributed by atoms with E-state index in [4.69, 9.17) is 9.36 Å². The molecular formula is C42H34N6S. The Morgan fingerprint density at radius 3 is 1.14 bits per heavy atom. The van der Waals surface area contributed by atoms with Crippen LogP contribution in [0.25, 0.3) is 22.0 Å². The lowest BCUT2D eigenvalue weighted by molar-refractivity contribution is 0.999. The van der Waals surface area contributed by atoms with Crippen molar-refractivity contribution in [2.75, 3.05) is 32.7 Å². The first-order valence-electron chi connectivity index (χ1n) is 16.8. The number of nitrogens with zero attached hydrogens (tertiary/aromatic N) is 6. The molecule has 0 fully saturated rings. The highest BCUT2D eigenvalue weighted by molar-refractivity contribution is 7.09. The van der Waals surface area contributed by atoms with Crippen LogP contribution < -0.4 is 19.6 Å². The summed E-state index contributed by atoms with van der Waals surface area (Å²) in [6, 6.07) is 51.8. The summed E-state index contributed by atoms with van der Waals surface area (Å²) in [6.45, 7) is 6.21. The Morgan fingerprint density at radius 2 is 0.776 bits per heavy atom. The van der Waals surface area contributed by atoms with Crippen LogP contribution in [0.3, 0.4) is 0 Å². The van der Waals surface area contributed by atoms with Gasteiger partial charge in [-0.15, -0.1) is 0 Å². The minimum Gasteiger partial charge on any atom is -0.338 e. The van der Waals surface area contributed by atoms with Crippen LogP contribution in [0.4, 0.5) is 56.9 Å². The third-order valence-electron chi connectivity index (χ3n) is 9.47. The molecular weight excluding hydrogens is 621 g/mol. The molecule has 1 aromatic heterocycles. The molecule has 7 aromatic rings. The zero-order valence-electron chi connectivity index (χ0n) is 27.4. The number of anilines is 10. The van der Waals surface area contributed by atoms with E-state index >= 15 is 0 Å². The predicted octanol–water partition coefficient (Wildman–Crippen LogP) is 11.8. The van der Waals surface area contributed by atoms with Crippen molar-refractivity contribution in [2.45, 2.75) is 13.8 Å². The molecule has 3 heterocycles. The number of hydrogen-bond donors (Lipinski definition) is 0. The number of benzene rings is 6. The molecule has 2 aliphatic heterocycles. The first kappa shape index (κ1) is 29.2. The summed E-state index contributed by atoms with van der Waals surface area (Å²) in [4.78, 5) is 14.5. The first-order valence-corrected chi connectivity index (χ1v) is 17.6. The Balaban J connectivity index is 1.01. The minimum atomic E-state index is 0.741. The van der Waals surface area contributed by atoms with Gasteiger partial charge in [0, 0.05) is 35.6 Å². The van der Waals surface area contributed by atoms with Crippen LogP contribution in [0.1, 0.15) is 13.8 Å². The van der Waals surface area contributed by atoms with Crippen molar-refractivity contribution in [1.82, 2.24) is 9.36 Å². The summed E-state index contributed by atoms with van der Waals surface area (Å²) in [5.41, 5.74) is 13.8. The fourth-order valence-corrected chi connectivity index (χ4v) is 7.94. The van der Waals surface area contributed by atoms with E-state index in [1.54, 1.807) is 0 Å². The van der Waals surface area contributed by atoms with Gasteiger partial charge in [-0.3, -0.25) is 0 Å². The number of para-hydroxylation sites is 8. The van der Waals surface area contributed by atoms with E-state index in [9.17, 15) is 0 Å². The lowest BCUT2D eigenvalue weighted by Gasteiger charge is -2.39. The van der Waals surface area contributed by atoms with E-state index < -0.39 is 0 Å². The largest absolute Gasteiger partial charge is 0.338 e. The molecule has 6 aromatic carbocycles. The molecule has 238 valence electrons. The van der Waals surface area contributed by atoms with Crippen molar-refractivity contribution >= 4 is 68.4 Å². The third kappa shape index (κ3) is 4.77. The molecule has 0 atom stereocenters. The summed E-state index contributed by atoms with van der Waals surface area (Å²) < 4.78 is 4.78. The Morgan fingerprint density at radius 1 is 0.429 bits per heavy atom. The molecule has 0 N–H and O–H groups in total. The topological polar surface area (TPSA) is 38.7 Å². The lowest BCUT2D eigenvalue weighted by atomic mass is 10.1. The van der Waals surface area contributed by atoms with Crippen LogP contribution in [0.2, 0.25) is 0 Å². The van der Waals surface area contributed by atoms with E-state index in [1.165, 1.54) is 57.0 Å². The summed E-state index contributed by atoms with van der Waals surface area (Å²) in [5.74, 6) is 0.741. The standard InChI is InChI=1S/C42H34N6S/c1-3-45-33-13-5-9-17-37(33)47(38-18-10-6-14-34(38)45)31-25-21-29(22-26-31)41-43-42(49-44-41)30-23-27-32(28-24-30)48-39-19-11-7-15-35(39)46(4-2)36-16-8-12-20-40(36)48/h5-28H,3-4H2,1-2H3. The Kier molecular flexibility index (Phi) is 7.13. The molecule has 2 aliphatic rings. The number of rotatable bonds is 6. The molecule has 0 bridgehead atoms. The van der Waals surface area contributed by atoms with Gasteiger partial charge in [0.25, 0.3) is 0 Å². The van der Waals surface area contributed by atoms with Gasteiger partial charge in [-0.05, 0) is 122 Å². The zero-order valence-corrected chi connectivity index (χ0v) is 28.2. The number of fused-ring (bicyclic) bond motifs is 4. The minimum absolute atomic E-state index is 0.741. The third-order valence-corrected chi connectivity index (χ3v) is 10.2. The summed E-state index contributed by atoms with van der Waals surface area (Å²) in [6.07, 6.45) is 0. The molecule has 49 heavy (non-hydrogen) atoms. The van der Waals surface area contributed by atoms with Gasteiger partial charge in [-0.25, -0.2) is 4.98 Å². The van der Waals surface area contributed by atoms with E-state index in [2.05, 4.69) is 179 Å². The Labute approximate surface area is 290 Å². The van der Waals surface area contributed by atoms with Gasteiger partial charge in [0.2, 0.25) is 0 Å². The second kappa shape index (κ2) is 12.0. The van der Waals surface area contributed by atoms with Crippen LogP contribution in [-0.2, 0) is 0 Å². The molecule has 6 nitrogen and oxygen atoms in total. The molecule has 0 saturated heterocycles. The average molecular weight is 655 g/mol. The monoisotopic (exact) mass is 654 g/mol. The maximum atomic E-state index is 4.99. The Hall–Kier alpha value is -5.92. The highest BCUT2D eigenvalue weighted by atomic mass is 32.1. The van der Waals surface area contributed by atoms with Crippen LogP contribution in [-0.4, -0.2) is 22.4 Å². The highest BCUT2D eigenvalue weighted by Crippen LogP contribution is 2.52. The number of hydrogen-bond acceptors (Lipinski definition) is 7. The van der Waals surface area contributed by atoms with Crippen molar-refractivity contribution in [3.8, 4) is 22.0 Å². The zero-order chi connectivity index (χ0) is 32.9. The van der Waals surface area contributed by atoms with Crippen LogP contribution >= 0.6 is 11.5 Å². The second-order valence-corrected chi connectivity index (χ2v) is 12.9. The SMILES string of the molecule is CCN1c2ccccc2N(c2ccc(-c3nsc(-c4ccc(N5c6ccccc6N(CC)c6ccccc65)cc4)n3)cc2)c2ccccc21. The van der Waals surface area contributed by atoms with Gasteiger partial charge in [0.15, 0.2) is 5.82 Å². The fourth-order valence-electron chi connectivity index (χ4n) is 7.25. The second-order valence-electron chi connectivity index (χ2n) is 12.1. The van der Waals surface area contributed by atoms with Gasteiger partial charge in [0.1, 0.15) is 5.01 Å². The molecule has 0 unspecified atom stereocenters. The molecule has 0 spiro atoms. The van der Waals surface area contributed by atoms with Crippen LogP contribution in [0.15, 0.2) is 146 Å². The average Bonchev–Trinajstić information content (AvgIpc) is 3.67. The van der Waals surface area contributed by atoms with Gasteiger partial charge in [-0.1, -0.05) is 48.5 Å². The van der Waals surface area contributed by atoms with Crippen molar-refractivity contribution < 1.29 is 0 Å². The number of aromatic nitrogens is 2. The molecule has 7 heteroatoms. The van der Waals surface area contributed by atoms with Gasteiger partial charge < -0.3 is 19.6 Å². The van der Waals surface area contributed by atoms with Crippen molar-refractivity contribution in [3.05, 3.63) is 146 Å². The first-order chi connectivity index (χ1) is 24.2. The Bertz CT molecular complexity index is 2040. The molecule has 0 aliphatic carbocycles. The molecule has 9 rings (SSSR count). The maximum Gasteiger partial charge on any atom is 0.173 e. The molecule has 0 radical (unpaired) electrons. The summed E-state index contributed by atoms with van der Waals surface area (Å²) >= 11 is 1.44. The van der Waals surface area contributed by atoms with Crippen LogP contribution in [0, 0.1) is 0 Å². The smallest absolute Gasteiger partial charge is 0.173 e. The highest BCUT2D eigenvalue weighted by Gasteiger charge is 2.29. The van der Waals surface area contributed by atoms with Crippen molar-refractivity contribution in [3.63, 3.8) is 0 Å². The van der Waals surface area contributed by atoms with E-state index in [-0.39, 0.29) is 0 Å². The van der Waals surface area contributed by atoms with Crippen LogP contribution in [0.5, 0.6) is 0 Å². The lowest BCUT2D eigenvalue weighted by Crippen LogP contribution is -2.26. The summed E-state index contributed by atoms with van der Waals surface area (Å²) in [5, 5.41) is 0.903. The van der Waals surface area contributed by atoms with E-state index in [0.29, 0.717) is 0 Å². The van der Waals surface area contributed by atoms with E-state index in [1.807, 2.05) is 0 Å². The molecule has 0 amide bonds. The summed E-state index contributed by atoms with van der Waals surface area (Å²) in [7, 11) is 0. The fraction of sp³-hybridized carbons (Fsp3) is 0.0952. The van der Waals surface area contributed by atoms with Crippen molar-refractivity contribution in [1.29, 1.82) is 0 Å². The predicted molar refractivity (Wildman–Crippen MR) is 206 cm³/mol. The van der Waals surface area contributed by atoms with Gasteiger partial charge >= 0.3 is 0 Å². The van der Waals surface area contributed by atoms with E-state index in [0.717, 1.165) is 46.4 Å². The maximum absolute atomic E-state index is 4.99.